The third-order valence-electron chi connectivity index (χ3n) is 5.21. The molecule has 0 fully saturated rings. The first-order valence-electron chi connectivity index (χ1n) is 10.5. The minimum Gasteiger partial charge on any atom is -0.419 e. The van der Waals surface area contributed by atoms with Gasteiger partial charge in [0.1, 0.15) is 5.82 Å². The summed E-state index contributed by atoms with van der Waals surface area (Å²) in [6.07, 6.45) is 0. The van der Waals surface area contributed by atoms with Crippen LogP contribution in [0.5, 0.6) is 0 Å². The molecule has 0 spiro atoms. The lowest BCUT2D eigenvalue weighted by molar-refractivity contribution is 0.509. The van der Waals surface area contributed by atoms with Crippen LogP contribution in [0.4, 0.5) is 4.39 Å². The Kier molecular flexibility index (Phi) is 6.17. The Morgan fingerprint density at radius 3 is 2.41 bits per heavy atom. The maximum absolute atomic E-state index is 14.8. The number of benzene rings is 3. The molecule has 3 aromatic carbocycles. The summed E-state index contributed by atoms with van der Waals surface area (Å²) >= 11 is 7.77. The van der Waals surface area contributed by atoms with E-state index >= 15 is 0 Å². The maximum Gasteiger partial charge on any atom is 0.247 e. The molecule has 0 aliphatic heterocycles. The molecular formula is C25H19ClFN5OS. The normalized spacial score (nSPS) is 12.1. The van der Waals surface area contributed by atoms with E-state index in [4.69, 9.17) is 16.0 Å². The molecule has 34 heavy (non-hydrogen) atoms. The summed E-state index contributed by atoms with van der Waals surface area (Å²) in [6.45, 7) is 3.94. The van der Waals surface area contributed by atoms with Gasteiger partial charge in [0.2, 0.25) is 11.8 Å². The van der Waals surface area contributed by atoms with Crippen LogP contribution in [-0.2, 0) is 0 Å². The molecule has 5 rings (SSSR count). The third-order valence-corrected chi connectivity index (χ3v) is 6.57. The highest BCUT2D eigenvalue weighted by molar-refractivity contribution is 7.99. The molecule has 1 unspecified atom stereocenters. The first-order chi connectivity index (χ1) is 16.5. The van der Waals surface area contributed by atoms with E-state index in [0.717, 1.165) is 11.1 Å². The summed E-state index contributed by atoms with van der Waals surface area (Å²) in [6, 6.07) is 21.6. The fourth-order valence-corrected chi connectivity index (χ4v) is 4.54. The SMILES string of the molecule is Cc1ccc(-c2nnc(C(C)Sc3nnc(-c4ccccc4Cl)n3-c3ccccc3F)o2)cc1. The van der Waals surface area contributed by atoms with E-state index in [2.05, 4.69) is 20.4 Å². The van der Waals surface area contributed by atoms with Crippen molar-refractivity contribution in [1.29, 1.82) is 0 Å². The van der Waals surface area contributed by atoms with Gasteiger partial charge >= 0.3 is 0 Å². The quantitative estimate of drug-likeness (QED) is 0.240. The second kappa shape index (κ2) is 9.40. The summed E-state index contributed by atoms with van der Waals surface area (Å²) < 4.78 is 22.4. The van der Waals surface area contributed by atoms with Gasteiger partial charge in [-0.25, -0.2) is 4.39 Å². The Balaban J connectivity index is 1.51. The average molecular weight is 492 g/mol. The van der Waals surface area contributed by atoms with Crippen molar-refractivity contribution < 1.29 is 8.81 Å². The van der Waals surface area contributed by atoms with Gasteiger partial charge in [0.15, 0.2) is 11.0 Å². The Morgan fingerprint density at radius 1 is 0.912 bits per heavy atom. The number of para-hydroxylation sites is 1. The van der Waals surface area contributed by atoms with E-state index in [0.29, 0.717) is 39.0 Å². The van der Waals surface area contributed by atoms with Crippen molar-refractivity contribution in [2.75, 3.05) is 0 Å². The Labute approximate surface area is 204 Å². The second-order valence-electron chi connectivity index (χ2n) is 7.64. The largest absolute Gasteiger partial charge is 0.419 e. The number of rotatable bonds is 6. The molecule has 0 saturated heterocycles. The molecule has 0 bridgehead atoms. The van der Waals surface area contributed by atoms with Crippen molar-refractivity contribution in [2.24, 2.45) is 0 Å². The first kappa shape index (κ1) is 22.3. The van der Waals surface area contributed by atoms with Crippen LogP contribution < -0.4 is 0 Å². The predicted molar refractivity (Wildman–Crippen MR) is 131 cm³/mol. The van der Waals surface area contributed by atoms with Gasteiger partial charge in [-0.1, -0.05) is 65.3 Å². The van der Waals surface area contributed by atoms with Crippen LogP contribution in [0.2, 0.25) is 5.02 Å². The summed E-state index contributed by atoms with van der Waals surface area (Å²) in [5.41, 5.74) is 2.97. The van der Waals surface area contributed by atoms with E-state index < -0.39 is 5.82 Å². The molecule has 0 aliphatic carbocycles. The molecule has 170 valence electrons. The number of aromatic nitrogens is 5. The van der Waals surface area contributed by atoms with Gasteiger partial charge in [0.05, 0.1) is 16.0 Å². The number of thioether (sulfide) groups is 1. The van der Waals surface area contributed by atoms with E-state index in [1.165, 1.54) is 17.8 Å². The summed E-state index contributed by atoms with van der Waals surface area (Å²) in [5.74, 6) is 0.915. The van der Waals surface area contributed by atoms with Crippen LogP contribution >= 0.6 is 23.4 Å². The van der Waals surface area contributed by atoms with Crippen LogP contribution in [0.3, 0.4) is 0 Å². The molecule has 2 aromatic heterocycles. The topological polar surface area (TPSA) is 69.6 Å². The Bertz CT molecular complexity index is 1450. The molecule has 0 amide bonds. The molecule has 6 nitrogen and oxygen atoms in total. The molecule has 2 heterocycles. The van der Waals surface area contributed by atoms with Gasteiger partial charge in [-0.05, 0) is 50.2 Å². The standard InChI is InChI=1S/C25H19ClFN5OS/c1-15-11-13-17(14-12-15)24-30-29-23(33-24)16(2)34-25-31-28-22(18-7-3-4-8-19(18)26)32(25)21-10-6-5-9-20(21)27/h3-14,16H,1-2H3. The summed E-state index contributed by atoms with van der Waals surface area (Å²) in [4.78, 5) is 0. The third kappa shape index (κ3) is 4.34. The highest BCUT2D eigenvalue weighted by atomic mass is 35.5. The van der Waals surface area contributed by atoms with Gasteiger partial charge in [-0.3, -0.25) is 4.57 Å². The number of halogens is 2. The lowest BCUT2D eigenvalue weighted by Crippen LogP contribution is -2.03. The zero-order chi connectivity index (χ0) is 23.7. The van der Waals surface area contributed by atoms with Crippen molar-refractivity contribution in [1.82, 2.24) is 25.0 Å². The smallest absolute Gasteiger partial charge is 0.247 e. The molecule has 1 atom stereocenters. The van der Waals surface area contributed by atoms with Crippen LogP contribution in [0.25, 0.3) is 28.5 Å². The molecular weight excluding hydrogens is 473 g/mol. The second-order valence-corrected chi connectivity index (χ2v) is 9.36. The van der Waals surface area contributed by atoms with Gasteiger partial charge in [-0.15, -0.1) is 20.4 Å². The minimum atomic E-state index is -0.399. The molecule has 9 heteroatoms. The van der Waals surface area contributed by atoms with Gasteiger partial charge in [0, 0.05) is 11.1 Å². The number of aryl methyl sites for hydroxylation is 1. The lowest BCUT2D eigenvalue weighted by Gasteiger charge is -2.13. The molecule has 5 aromatic rings. The minimum absolute atomic E-state index is 0.263. The van der Waals surface area contributed by atoms with Crippen LogP contribution in [0.15, 0.2) is 82.4 Å². The molecule has 0 radical (unpaired) electrons. The monoisotopic (exact) mass is 491 g/mol. The van der Waals surface area contributed by atoms with Crippen LogP contribution in [0.1, 0.15) is 23.6 Å². The molecule has 0 N–H and O–H groups in total. The fraction of sp³-hybridized carbons (Fsp3) is 0.120. The zero-order valence-corrected chi connectivity index (χ0v) is 19.9. The molecule has 0 aliphatic rings. The van der Waals surface area contributed by atoms with Gasteiger partial charge in [-0.2, -0.15) is 0 Å². The van der Waals surface area contributed by atoms with Crippen molar-refractivity contribution in [3.05, 3.63) is 95.1 Å². The van der Waals surface area contributed by atoms with E-state index in [1.807, 2.05) is 56.3 Å². The maximum atomic E-state index is 14.8. The summed E-state index contributed by atoms with van der Waals surface area (Å²) in [7, 11) is 0. The highest BCUT2D eigenvalue weighted by Gasteiger charge is 2.24. The Hall–Kier alpha value is -3.49. The van der Waals surface area contributed by atoms with E-state index in [9.17, 15) is 4.39 Å². The molecule has 0 saturated carbocycles. The van der Waals surface area contributed by atoms with Gasteiger partial charge in [0.25, 0.3) is 0 Å². The van der Waals surface area contributed by atoms with Crippen molar-refractivity contribution >= 4 is 23.4 Å². The van der Waals surface area contributed by atoms with Gasteiger partial charge < -0.3 is 4.42 Å². The van der Waals surface area contributed by atoms with Crippen molar-refractivity contribution in [2.45, 2.75) is 24.3 Å². The number of hydrogen-bond donors (Lipinski definition) is 0. The number of hydrogen-bond acceptors (Lipinski definition) is 6. The average Bonchev–Trinajstić information content (AvgIpc) is 3.48. The Morgan fingerprint density at radius 2 is 1.65 bits per heavy atom. The summed E-state index contributed by atoms with van der Waals surface area (Å²) in [5, 5.41) is 17.8. The van der Waals surface area contributed by atoms with E-state index in [1.54, 1.807) is 28.8 Å². The van der Waals surface area contributed by atoms with Crippen LogP contribution in [0, 0.1) is 12.7 Å². The van der Waals surface area contributed by atoms with E-state index in [-0.39, 0.29) is 5.25 Å². The highest BCUT2D eigenvalue weighted by Crippen LogP contribution is 2.38. The van der Waals surface area contributed by atoms with Crippen molar-refractivity contribution in [3.8, 4) is 28.5 Å². The number of nitrogens with zero attached hydrogens (tertiary/aromatic N) is 5. The zero-order valence-electron chi connectivity index (χ0n) is 18.3. The first-order valence-corrected chi connectivity index (χ1v) is 11.8. The van der Waals surface area contributed by atoms with Crippen molar-refractivity contribution in [3.63, 3.8) is 0 Å². The fourth-order valence-electron chi connectivity index (χ4n) is 3.43. The predicted octanol–water partition coefficient (Wildman–Crippen LogP) is 6.94. The lowest BCUT2D eigenvalue weighted by atomic mass is 10.1. The van der Waals surface area contributed by atoms with Crippen LogP contribution in [-0.4, -0.2) is 25.0 Å².